The number of ether oxygens (including phenoxy) is 7. The van der Waals surface area contributed by atoms with Crippen molar-refractivity contribution in [2.75, 3.05) is 0 Å². The lowest BCUT2D eigenvalue weighted by atomic mass is 9.79. The van der Waals surface area contributed by atoms with Crippen molar-refractivity contribution in [2.45, 2.75) is 165 Å². The second-order valence-corrected chi connectivity index (χ2v) is 14.7. The zero-order valence-electron chi connectivity index (χ0n) is 28.4. The maximum atomic E-state index is 6.90. The Kier molecular flexibility index (Phi) is 11.0. The van der Waals surface area contributed by atoms with Crippen LogP contribution in [0, 0.1) is 53.3 Å². The van der Waals surface area contributed by atoms with Crippen LogP contribution in [-0.4, -0.2) is 67.7 Å². The average Bonchev–Trinajstić information content (AvgIpc) is 2.92. The molecule has 12 unspecified atom stereocenters. The molecule has 4 heterocycles. The van der Waals surface area contributed by atoms with Gasteiger partial charge in [-0.3, -0.25) is 0 Å². The fourth-order valence-electron chi connectivity index (χ4n) is 7.71. The summed E-state index contributed by atoms with van der Waals surface area (Å²) in [6.45, 7) is 31.0. The first-order valence-electron chi connectivity index (χ1n) is 16.7. The second kappa shape index (κ2) is 13.4. The van der Waals surface area contributed by atoms with Crippen molar-refractivity contribution in [2.24, 2.45) is 53.3 Å². The van der Waals surface area contributed by atoms with Crippen LogP contribution >= 0.6 is 0 Å². The van der Waals surface area contributed by atoms with Gasteiger partial charge in [0.15, 0.2) is 18.9 Å². The molecule has 0 N–H and O–H groups in total. The molecule has 4 aliphatic rings. The fraction of sp³-hybridized carbons (Fsp3) is 1.00. The average molecular weight is 583 g/mol. The standard InChI is InChI=1S/C34H62O7/c1-15-16(2)25(11)36-32(20(15)6)40-31-19(5)21(7)33(38-28(31)14)39-29-22(8)26(12)37-34(23(29)9)41-30-18(4)17(3)24(10)35-27(30)13/h15-34H,1-14H3/t15?,16-,17?,18?,19?,20?,21?,22+,23?,24-,25?,26?,27?,28?,29?,30-,31-,32-,33-,34-/m0/s1. The van der Waals surface area contributed by atoms with E-state index in [9.17, 15) is 0 Å². The second-order valence-electron chi connectivity index (χ2n) is 14.7. The van der Waals surface area contributed by atoms with E-state index in [0.29, 0.717) is 29.6 Å². The van der Waals surface area contributed by atoms with Crippen molar-refractivity contribution < 1.29 is 33.2 Å². The van der Waals surface area contributed by atoms with Crippen molar-refractivity contribution in [3.05, 3.63) is 0 Å². The highest BCUT2D eigenvalue weighted by atomic mass is 16.7. The molecule has 4 fully saturated rings. The molecule has 0 aliphatic carbocycles. The zero-order valence-corrected chi connectivity index (χ0v) is 28.4. The SMILES string of the molecule is CC1C(C)[C@H](C)C(C)O[C@H]1O[C@@H]1C(C)O[C@@H](OC2C(C)[C@H](O[C@@H]3C(C)O[C@@H](C)C(C)C3C)OC(C)[C@H]2C)C(C)C1C. The maximum absolute atomic E-state index is 6.90. The first-order valence-corrected chi connectivity index (χ1v) is 16.7. The van der Waals surface area contributed by atoms with Gasteiger partial charge in [-0.2, -0.15) is 0 Å². The summed E-state index contributed by atoms with van der Waals surface area (Å²) >= 11 is 0. The van der Waals surface area contributed by atoms with Crippen LogP contribution in [0.15, 0.2) is 0 Å². The lowest BCUT2D eigenvalue weighted by molar-refractivity contribution is -0.350. The first kappa shape index (κ1) is 33.6. The van der Waals surface area contributed by atoms with Crippen molar-refractivity contribution in [1.29, 1.82) is 0 Å². The predicted octanol–water partition coefficient (Wildman–Crippen LogP) is 6.91. The van der Waals surface area contributed by atoms with Gasteiger partial charge in [-0.1, -0.05) is 62.3 Å². The van der Waals surface area contributed by atoms with Crippen LogP contribution in [0.5, 0.6) is 0 Å². The van der Waals surface area contributed by atoms with Crippen LogP contribution in [0.3, 0.4) is 0 Å². The molecule has 7 nitrogen and oxygen atoms in total. The van der Waals surface area contributed by atoms with Gasteiger partial charge in [-0.15, -0.1) is 0 Å². The Hall–Kier alpha value is -0.280. The third-order valence-corrected chi connectivity index (χ3v) is 12.2. The van der Waals surface area contributed by atoms with E-state index >= 15 is 0 Å². The van der Waals surface area contributed by atoms with E-state index in [1.807, 2.05) is 0 Å². The van der Waals surface area contributed by atoms with Gasteiger partial charge in [0.05, 0.1) is 48.8 Å². The number of rotatable bonds is 6. The summed E-state index contributed by atoms with van der Waals surface area (Å²) in [7, 11) is 0. The molecule has 0 spiro atoms. The molecule has 0 saturated carbocycles. The summed E-state index contributed by atoms with van der Waals surface area (Å²) < 4.78 is 46.0. The molecule has 0 radical (unpaired) electrons. The van der Waals surface area contributed by atoms with Crippen molar-refractivity contribution in [3.8, 4) is 0 Å². The predicted molar refractivity (Wildman–Crippen MR) is 160 cm³/mol. The third kappa shape index (κ3) is 6.72. The van der Waals surface area contributed by atoms with Gasteiger partial charge in [0.1, 0.15) is 0 Å². The largest absolute Gasteiger partial charge is 0.373 e. The minimum absolute atomic E-state index is 0.00815. The Morgan fingerprint density at radius 3 is 1.17 bits per heavy atom. The van der Waals surface area contributed by atoms with Gasteiger partial charge >= 0.3 is 0 Å². The van der Waals surface area contributed by atoms with E-state index in [2.05, 4.69) is 96.9 Å². The van der Waals surface area contributed by atoms with E-state index in [-0.39, 0.29) is 91.4 Å². The minimum Gasteiger partial charge on any atom is -0.373 e. The zero-order chi connectivity index (χ0) is 30.5. The molecule has 20 atom stereocenters. The normalized spacial score (nSPS) is 56.9. The van der Waals surface area contributed by atoms with E-state index in [1.54, 1.807) is 0 Å². The van der Waals surface area contributed by atoms with Crippen LogP contribution < -0.4 is 0 Å². The molecular formula is C34H62O7. The Morgan fingerprint density at radius 1 is 0.268 bits per heavy atom. The number of hydrogen-bond acceptors (Lipinski definition) is 7. The third-order valence-electron chi connectivity index (χ3n) is 12.2. The highest BCUT2D eigenvalue weighted by Crippen LogP contribution is 2.43. The number of hydrogen-bond donors (Lipinski definition) is 0. The molecule has 240 valence electrons. The van der Waals surface area contributed by atoms with E-state index in [0.717, 1.165) is 0 Å². The summed E-state index contributed by atoms with van der Waals surface area (Å²) in [5.74, 6) is 2.86. The highest BCUT2D eigenvalue weighted by molar-refractivity contribution is 4.92. The highest BCUT2D eigenvalue weighted by Gasteiger charge is 2.50. The summed E-state index contributed by atoms with van der Waals surface area (Å²) in [5, 5.41) is 0. The molecular weight excluding hydrogens is 520 g/mol. The Morgan fingerprint density at radius 2 is 0.610 bits per heavy atom. The van der Waals surface area contributed by atoms with Crippen molar-refractivity contribution >= 4 is 0 Å². The van der Waals surface area contributed by atoms with Gasteiger partial charge < -0.3 is 33.2 Å². The van der Waals surface area contributed by atoms with Crippen LogP contribution in [-0.2, 0) is 33.2 Å². The summed E-state index contributed by atoms with van der Waals surface area (Å²) in [4.78, 5) is 0. The molecule has 41 heavy (non-hydrogen) atoms. The molecule has 0 aromatic rings. The fourth-order valence-corrected chi connectivity index (χ4v) is 7.71. The van der Waals surface area contributed by atoms with Crippen molar-refractivity contribution in [3.63, 3.8) is 0 Å². The smallest absolute Gasteiger partial charge is 0.163 e. The molecule has 0 aromatic carbocycles. The van der Waals surface area contributed by atoms with Crippen molar-refractivity contribution in [1.82, 2.24) is 0 Å². The Labute approximate surface area is 251 Å². The lowest BCUT2D eigenvalue weighted by Gasteiger charge is -2.51. The molecule has 4 saturated heterocycles. The maximum Gasteiger partial charge on any atom is 0.163 e. The van der Waals surface area contributed by atoms with Gasteiger partial charge in [-0.05, 0) is 64.2 Å². The molecule has 4 aliphatic heterocycles. The quantitative estimate of drug-likeness (QED) is 0.337. The monoisotopic (exact) mass is 582 g/mol. The Balaban J connectivity index is 1.42. The summed E-state index contributed by atoms with van der Waals surface area (Å²) in [6, 6.07) is 0. The van der Waals surface area contributed by atoms with E-state index in [1.165, 1.54) is 0 Å². The van der Waals surface area contributed by atoms with Crippen LogP contribution in [0.2, 0.25) is 0 Å². The van der Waals surface area contributed by atoms with Gasteiger partial charge in [-0.25, -0.2) is 0 Å². The summed E-state index contributed by atoms with van der Waals surface area (Å²) in [6.07, 6.45) is -0.680. The first-order chi connectivity index (χ1) is 19.1. The lowest BCUT2D eigenvalue weighted by Crippen LogP contribution is -2.58. The topological polar surface area (TPSA) is 64.6 Å². The van der Waals surface area contributed by atoms with E-state index in [4.69, 9.17) is 33.2 Å². The Bertz CT molecular complexity index is 840. The van der Waals surface area contributed by atoms with Gasteiger partial charge in [0.25, 0.3) is 0 Å². The molecule has 0 bridgehead atoms. The summed E-state index contributed by atoms with van der Waals surface area (Å²) in [5.41, 5.74) is 0. The van der Waals surface area contributed by atoms with Crippen LogP contribution in [0.1, 0.15) is 96.9 Å². The van der Waals surface area contributed by atoms with Gasteiger partial charge in [0.2, 0.25) is 0 Å². The molecule has 0 amide bonds. The minimum atomic E-state index is -0.355. The van der Waals surface area contributed by atoms with E-state index < -0.39 is 0 Å². The molecule has 4 rings (SSSR count). The van der Waals surface area contributed by atoms with Crippen LogP contribution in [0.4, 0.5) is 0 Å². The van der Waals surface area contributed by atoms with Gasteiger partial charge in [0, 0.05) is 23.7 Å². The molecule has 7 heteroatoms. The molecule has 0 aromatic heterocycles. The van der Waals surface area contributed by atoms with Crippen LogP contribution in [0.25, 0.3) is 0 Å².